The Bertz CT molecular complexity index is 466. The lowest BCUT2D eigenvalue weighted by Gasteiger charge is -2.35. The molecule has 1 aliphatic rings. The lowest BCUT2D eigenvalue weighted by Crippen LogP contribution is -2.46. The van der Waals surface area contributed by atoms with E-state index in [1.807, 2.05) is 31.3 Å². The van der Waals surface area contributed by atoms with Crippen molar-refractivity contribution in [2.45, 2.75) is 43.6 Å². The Labute approximate surface area is 135 Å². The number of nitrogens with zero attached hydrogens (tertiary/aromatic N) is 1. The highest BCUT2D eigenvalue weighted by molar-refractivity contribution is 7.99. The van der Waals surface area contributed by atoms with E-state index in [-0.39, 0.29) is 18.1 Å². The van der Waals surface area contributed by atoms with E-state index in [1.54, 1.807) is 16.7 Å². The van der Waals surface area contributed by atoms with E-state index in [4.69, 9.17) is 11.6 Å². The number of amides is 1. The zero-order valence-electron chi connectivity index (χ0n) is 12.3. The Morgan fingerprint density at radius 3 is 2.67 bits per heavy atom. The monoisotopic (exact) mass is 327 g/mol. The molecule has 1 amide bonds. The molecule has 0 radical (unpaired) electrons. The van der Waals surface area contributed by atoms with Crippen molar-refractivity contribution in [2.75, 3.05) is 12.8 Å². The smallest absolute Gasteiger partial charge is 0.232 e. The number of carbonyl (C=O) groups is 1. The fourth-order valence-electron chi connectivity index (χ4n) is 2.67. The SMILES string of the molecule is CN(C(=O)CSCc1ccc(Cl)cc1)C1CCCCC1O. The van der Waals surface area contributed by atoms with Crippen LogP contribution < -0.4 is 0 Å². The molecular formula is C16H22ClNO2S. The standard InChI is InChI=1S/C16H22ClNO2S/c1-18(14-4-2-3-5-15(14)19)16(20)11-21-10-12-6-8-13(17)9-7-12/h6-9,14-15,19H,2-5,10-11H2,1H3. The molecule has 0 saturated heterocycles. The molecule has 0 aliphatic heterocycles. The predicted molar refractivity (Wildman–Crippen MR) is 88.6 cm³/mol. The first-order valence-electron chi connectivity index (χ1n) is 7.34. The van der Waals surface area contributed by atoms with Crippen LogP contribution in [0.4, 0.5) is 0 Å². The summed E-state index contributed by atoms with van der Waals surface area (Å²) in [6.45, 7) is 0. The molecule has 21 heavy (non-hydrogen) atoms. The molecule has 1 fully saturated rings. The molecule has 0 heterocycles. The number of carbonyl (C=O) groups excluding carboxylic acids is 1. The molecule has 0 spiro atoms. The molecule has 116 valence electrons. The van der Waals surface area contributed by atoms with Crippen molar-refractivity contribution in [3.8, 4) is 0 Å². The third-order valence-corrected chi connectivity index (χ3v) is 5.23. The summed E-state index contributed by atoms with van der Waals surface area (Å²) in [6, 6.07) is 7.68. The third-order valence-electron chi connectivity index (χ3n) is 3.99. The van der Waals surface area contributed by atoms with Gasteiger partial charge >= 0.3 is 0 Å². The summed E-state index contributed by atoms with van der Waals surface area (Å²) in [5.74, 6) is 1.34. The van der Waals surface area contributed by atoms with Gasteiger partial charge in [-0.25, -0.2) is 0 Å². The van der Waals surface area contributed by atoms with Gasteiger partial charge in [0, 0.05) is 17.8 Å². The maximum atomic E-state index is 12.2. The van der Waals surface area contributed by atoms with Crippen molar-refractivity contribution in [1.29, 1.82) is 0 Å². The van der Waals surface area contributed by atoms with Crippen LogP contribution in [0.5, 0.6) is 0 Å². The van der Waals surface area contributed by atoms with Crippen LogP contribution in [-0.4, -0.2) is 40.9 Å². The van der Waals surface area contributed by atoms with E-state index < -0.39 is 0 Å². The Morgan fingerprint density at radius 1 is 1.33 bits per heavy atom. The summed E-state index contributed by atoms with van der Waals surface area (Å²) in [7, 11) is 1.81. The normalized spacial score (nSPS) is 22.0. The van der Waals surface area contributed by atoms with Crippen molar-refractivity contribution in [2.24, 2.45) is 0 Å². The molecule has 0 aromatic heterocycles. The van der Waals surface area contributed by atoms with Gasteiger partial charge in [-0.3, -0.25) is 4.79 Å². The summed E-state index contributed by atoms with van der Waals surface area (Å²) in [5, 5.41) is 10.7. The Balaban J connectivity index is 1.77. The zero-order valence-corrected chi connectivity index (χ0v) is 13.9. The average molecular weight is 328 g/mol. The van der Waals surface area contributed by atoms with Crippen LogP contribution in [0.1, 0.15) is 31.2 Å². The molecule has 3 nitrogen and oxygen atoms in total. The van der Waals surface area contributed by atoms with Crippen LogP contribution in [0.3, 0.4) is 0 Å². The van der Waals surface area contributed by atoms with Crippen LogP contribution in [0.15, 0.2) is 24.3 Å². The van der Waals surface area contributed by atoms with E-state index in [9.17, 15) is 9.90 Å². The highest BCUT2D eigenvalue weighted by Crippen LogP contribution is 2.23. The number of likely N-dealkylation sites (N-methyl/N-ethyl adjacent to an activating group) is 1. The molecule has 2 rings (SSSR count). The Kier molecular flexibility index (Phi) is 6.40. The van der Waals surface area contributed by atoms with Crippen LogP contribution in [0.2, 0.25) is 5.02 Å². The number of hydrogen-bond acceptors (Lipinski definition) is 3. The summed E-state index contributed by atoms with van der Waals surface area (Å²) < 4.78 is 0. The number of rotatable bonds is 5. The molecule has 1 aliphatic carbocycles. The molecule has 5 heteroatoms. The summed E-state index contributed by atoms with van der Waals surface area (Å²) in [4.78, 5) is 13.9. The lowest BCUT2D eigenvalue weighted by molar-refractivity contribution is -0.132. The van der Waals surface area contributed by atoms with Gasteiger partial charge in [-0.05, 0) is 30.5 Å². The van der Waals surface area contributed by atoms with Crippen LogP contribution in [-0.2, 0) is 10.5 Å². The van der Waals surface area contributed by atoms with E-state index in [1.165, 1.54) is 0 Å². The molecular weight excluding hydrogens is 306 g/mol. The maximum Gasteiger partial charge on any atom is 0.232 e. The minimum atomic E-state index is -0.367. The summed E-state index contributed by atoms with van der Waals surface area (Å²) >= 11 is 7.44. The fraction of sp³-hybridized carbons (Fsp3) is 0.562. The summed E-state index contributed by atoms with van der Waals surface area (Å²) in [5.41, 5.74) is 1.16. The van der Waals surface area contributed by atoms with Gasteiger partial charge in [0.2, 0.25) is 5.91 Å². The summed E-state index contributed by atoms with van der Waals surface area (Å²) in [6.07, 6.45) is 3.50. The van der Waals surface area contributed by atoms with Crippen molar-refractivity contribution < 1.29 is 9.90 Å². The number of aliphatic hydroxyl groups is 1. The minimum Gasteiger partial charge on any atom is -0.391 e. The van der Waals surface area contributed by atoms with Crippen LogP contribution in [0, 0.1) is 0 Å². The highest BCUT2D eigenvalue weighted by atomic mass is 35.5. The van der Waals surface area contributed by atoms with Crippen LogP contribution >= 0.6 is 23.4 Å². The second-order valence-electron chi connectivity index (χ2n) is 5.54. The van der Waals surface area contributed by atoms with Crippen molar-refractivity contribution in [3.63, 3.8) is 0 Å². The van der Waals surface area contributed by atoms with Gasteiger partial charge in [0.25, 0.3) is 0 Å². The van der Waals surface area contributed by atoms with Crippen molar-refractivity contribution >= 4 is 29.3 Å². The Hall–Kier alpha value is -0.710. The second-order valence-corrected chi connectivity index (χ2v) is 6.97. The first-order valence-corrected chi connectivity index (χ1v) is 8.87. The predicted octanol–water partition coefficient (Wildman–Crippen LogP) is 3.34. The van der Waals surface area contributed by atoms with E-state index >= 15 is 0 Å². The van der Waals surface area contributed by atoms with Gasteiger partial charge in [0.05, 0.1) is 17.9 Å². The van der Waals surface area contributed by atoms with Gasteiger partial charge in [0.1, 0.15) is 0 Å². The number of benzene rings is 1. The van der Waals surface area contributed by atoms with Gasteiger partial charge < -0.3 is 10.0 Å². The molecule has 1 aromatic carbocycles. The van der Waals surface area contributed by atoms with Gasteiger partial charge in [-0.2, -0.15) is 0 Å². The van der Waals surface area contributed by atoms with Crippen LogP contribution in [0.25, 0.3) is 0 Å². The first kappa shape index (κ1) is 16.7. The average Bonchev–Trinajstić information content (AvgIpc) is 2.49. The number of halogens is 1. The molecule has 1 N–H and O–H groups in total. The van der Waals surface area contributed by atoms with Gasteiger partial charge in [0.15, 0.2) is 0 Å². The quantitative estimate of drug-likeness (QED) is 0.901. The van der Waals surface area contributed by atoms with Gasteiger partial charge in [-0.15, -0.1) is 11.8 Å². The van der Waals surface area contributed by atoms with E-state index in [2.05, 4.69) is 0 Å². The minimum absolute atomic E-state index is 0.0117. The second kappa shape index (κ2) is 8.06. The zero-order chi connectivity index (χ0) is 15.2. The number of hydrogen-bond donors (Lipinski definition) is 1. The highest BCUT2D eigenvalue weighted by Gasteiger charge is 2.28. The number of aliphatic hydroxyl groups excluding tert-OH is 1. The first-order chi connectivity index (χ1) is 10.1. The van der Waals surface area contributed by atoms with E-state index in [0.29, 0.717) is 5.75 Å². The maximum absolute atomic E-state index is 12.2. The van der Waals surface area contributed by atoms with Crippen molar-refractivity contribution in [1.82, 2.24) is 4.90 Å². The molecule has 2 atom stereocenters. The molecule has 2 unspecified atom stereocenters. The molecule has 1 saturated carbocycles. The molecule has 1 aromatic rings. The molecule has 0 bridgehead atoms. The van der Waals surface area contributed by atoms with E-state index in [0.717, 1.165) is 42.0 Å². The lowest BCUT2D eigenvalue weighted by atomic mass is 9.91. The fourth-order valence-corrected chi connectivity index (χ4v) is 3.70. The topological polar surface area (TPSA) is 40.5 Å². The largest absolute Gasteiger partial charge is 0.391 e. The third kappa shape index (κ3) is 4.90. The Morgan fingerprint density at radius 2 is 2.00 bits per heavy atom. The van der Waals surface area contributed by atoms with Gasteiger partial charge in [-0.1, -0.05) is 36.6 Å². The van der Waals surface area contributed by atoms with Crippen molar-refractivity contribution in [3.05, 3.63) is 34.9 Å². The number of thioether (sulfide) groups is 1.